The number of carbonyl (C=O) groups is 1. The number of pyridine rings is 1. The van der Waals surface area contributed by atoms with E-state index in [1.54, 1.807) is 4.90 Å². The Kier molecular flexibility index (Phi) is 7.05. The molecule has 3 heterocycles. The Hall–Kier alpha value is -4.31. The van der Waals surface area contributed by atoms with Crippen LogP contribution in [-0.4, -0.2) is 59.5 Å². The number of hydrogen-bond acceptors (Lipinski definition) is 9. The van der Waals surface area contributed by atoms with Gasteiger partial charge in [0.05, 0.1) is 34.3 Å². The summed E-state index contributed by atoms with van der Waals surface area (Å²) >= 11 is 0. The van der Waals surface area contributed by atoms with Crippen LogP contribution in [0.2, 0.25) is 0 Å². The minimum absolute atomic E-state index is 0.0272. The standard InChI is InChI=1S/C27H26FN7O3S/c1-16(33-26-20(14-29)25(30)31-15-32-26)24-22(17-5-3-2-4-6-17)23(19-13-18(28)7-8-21(19)34-24)27(36)35-9-11-39(37,38)12-10-35/h2-8,13,15-16,37-38H,9-12H2,1H3,(H3,30,31,32,33)/t16-/m0/s1. The zero-order valence-electron chi connectivity index (χ0n) is 21.0. The first kappa shape index (κ1) is 26.3. The summed E-state index contributed by atoms with van der Waals surface area (Å²) in [6, 6.07) is 14.7. The molecule has 5 N–H and O–H groups in total. The summed E-state index contributed by atoms with van der Waals surface area (Å²) in [6.07, 6.45) is 1.25. The van der Waals surface area contributed by atoms with E-state index in [4.69, 9.17) is 10.7 Å². The maximum absolute atomic E-state index is 14.5. The van der Waals surface area contributed by atoms with Crippen molar-refractivity contribution in [3.63, 3.8) is 0 Å². The van der Waals surface area contributed by atoms with Gasteiger partial charge in [-0.2, -0.15) is 15.9 Å². The first-order valence-corrected chi connectivity index (χ1v) is 14.1. The third kappa shape index (κ3) is 5.20. The summed E-state index contributed by atoms with van der Waals surface area (Å²) in [4.78, 5) is 28.6. The molecule has 0 saturated carbocycles. The average Bonchev–Trinajstić information content (AvgIpc) is 2.92. The normalized spacial score (nSPS) is 16.3. The summed E-state index contributed by atoms with van der Waals surface area (Å²) in [5.74, 6) is -0.481. The lowest BCUT2D eigenvalue weighted by Gasteiger charge is -2.41. The van der Waals surface area contributed by atoms with Crippen molar-refractivity contribution in [1.82, 2.24) is 19.9 Å². The maximum Gasteiger partial charge on any atom is 0.255 e. The van der Waals surface area contributed by atoms with Gasteiger partial charge in [0.1, 0.15) is 35.4 Å². The topological polar surface area (TPSA) is 161 Å². The van der Waals surface area contributed by atoms with Gasteiger partial charge in [0, 0.05) is 24.0 Å². The number of anilines is 2. The van der Waals surface area contributed by atoms with E-state index >= 15 is 0 Å². The van der Waals surface area contributed by atoms with Gasteiger partial charge in [0.2, 0.25) is 0 Å². The van der Waals surface area contributed by atoms with E-state index in [1.807, 2.05) is 43.3 Å². The summed E-state index contributed by atoms with van der Waals surface area (Å²) in [5.41, 5.74) is 8.28. The smallest absolute Gasteiger partial charge is 0.255 e. The summed E-state index contributed by atoms with van der Waals surface area (Å²) < 4.78 is 34.7. The summed E-state index contributed by atoms with van der Waals surface area (Å²) in [6.45, 7) is 2.13. The van der Waals surface area contributed by atoms with Gasteiger partial charge in [-0.05, 0) is 30.7 Å². The summed E-state index contributed by atoms with van der Waals surface area (Å²) in [5, 5.41) is 13.1. The Labute approximate surface area is 225 Å². The van der Waals surface area contributed by atoms with Gasteiger partial charge in [-0.15, -0.1) is 0 Å². The molecular formula is C27H26FN7O3S. The largest absolute Gasteiger partial charge is 0.382 e. The first-order valence-electron chi connectivity index (χ1n) is 12.2. The fourth-order valence-electron chi connectivity index (χ4n) is 4.67. The van der Waals surface area contributed by atoms with E-state index < -0.39 is 22.4 Å². The Morgan fingerprint density at radius 3 is 2.59 bits per heavy atom. The predicted octanol–water partition coefficient (Wildman–Crippen LogP) is 4.66. The van der Waals surface area contributed by atoms with Gasteiger partial charge in [-0.3, -0.25) is 13.9 Å². The lowest BCUT2D eigenvalue weighted by molar-refractivity contribution is 0.0770. The molecule has 0 radical (unpaired) electrons. The van der Waals surface area contributed by atoms with Gasteiger partial charge >= 0.3 is 0 Å². The van der Waals surface area contributed by atoms with Crippen LogP contribution in [0.1, 0.15) is 34.6 Å². The molecule has 0 bridgehead atoms. The van der Waals surface area contributed by atoms with Crippen LogP contribution >= 0.6 is 10.6 Å². The molecule has 200 valence electrons. The van der Waals surface area contributed by atoms with Crippen molar-refractivity contribution in [1.29, 1.82) is 5.26 Å². The zero-order chi connectivity index (χ0) is 27.7. The Bertz CT molecular complexity index is 1600. The third-order valence-electron chi connectivity index (χ3n) is 6.67. The lowest BCUT2D eigenvalue weighted by atomic mass is 9.91. The van der Waals surface area contributed by atoms with E-state index in [-0.39, 0.29) is 53.3 Å². The number of nitrogens with zero attached hydrogens (tertiary/aromatic N) is 5. The highest BCUT2D eigenvalue weighted by Gasteiger charge is 2.31. The number of halogens is 1. The molecule has 1 saturated heterocycles. The Morgan fingerprint density at radius 2 is 1.90 bits per heavy atom. The Morgan fingerprint density at radius 1 is 1.18 bits per heavy atom. The molecular weight excluding hydrogens is 521 g/mol. The van der Waals surface area contributed by atoms with Crippen molar-refractivity contribution in [3.05, 3.63) is 77.5 Å². The van der Waals surface area contributed by atoms with E-state index in [0.29, 0.717) is 27.7 Å². The SMILES string of the molecule is C[C@H](Nc1ncnc(N)c1C#N)c1nc2ccc(F)cc2c(C(=O)N2CCS(O)(O)CC2)c1-c1ccccc1. The highest BCUT2D eigenvalue weighted by molar-refractivity contribution is 8.24. The second-order valence-electron chi connectivity index (χ2n) is 9.24. The number of aromatic nitrogens is 3. The molecule has 2 aromatic heterocycles. The van der Waals surface area contributed by atoms with E-state index in [2.05, 4.69) is 15.3 Å². The number of benzene rings is 2. The number of nitrogen functional groups attached to an aromatic ring is 1. The molecule has 0 spiro atoms. The fourth-order valence-corrected chi connectivity index (χ4v) is 5.90. The number of fused-ring (bicyclic) bond motifs is 1. The van der Waals surface area contributed by atoms with Crippen molar-refractivity contribution in [2.75, 3.05) is 35.6 Å². The number of hydrogen-bond donors (Lipinski definition) is 4. The molecule has 12 heteroatoms. The highest BCUT2D eigenvalue weighted by Crippen LogP contribution is 2.42. The van der Waals surface area contributed by atoms with Gasteiger partial charge in [0.25, 0.3) is 5.91 Å². The van der Waals surface area contributed by atoms with Crippen molar-refractivity contribution >= 4 is 39.0 Å². The van der Waals surface area contributed by atoms with Gasteiger partial charge < -0.3 is 16.0 Å². The third-order valence-corrected chi connectivity index (χ3v) is 8.34. The molecule has 1 atom stereocenters. The van der Waals surface area contributed by atoms with Crippen molar-refractivity contribution in [2.45, 2.75) is 13.0 Å². The van der Waals surface area contributed by atoms with Crippen molar-refractivity contribution in [2.24, 2.45) is 0 Å². The second kappa shape index (κ2) is 10.5. The minimum Gasteiger partial charge on any atom is -0.382 e. The maximum atomic E-state index is 14.5. The number of nitrogens with one attached hydrogen (secondary N) is 1. The van der Waals surface area contributed by atoms with Crippen LogP contribution in [0, 0.1) is 17.1 Å². The van der Waals surface area contributed by atoms with E-state index in [0.717, 1.165) is 0 Å². The van der Waals surface area contributed by atoms with Gasteiger partial charge in [0.15, 0.2) is 0 Å². The van der Waals surface area contributed by atoms with Crippen molar-refractivity contribution < 1.29 is 18.3 Å². The minimum atomic E-state index is -2.73. The molecule has 1 fully saturated rings. The van der Waals surface area contributed by atoms with E-state index in [9.17, 15) is 23.6 Å². The van der Waals surface area contributed by atoms with E-state index in [1.165, 1.54) is 24.5 Å². The highest BCUT2D eigenvalue weighted by atomic mass is 32.3. The van der Waals surface area contributed by atoms with Crippen molar-refractivity contribution in [3.8, 4) is 17.2 Å². The number of rotatable bonds is 5. The fraction of sp³-hybridized carbons (Fsp3) is 0.222. The number of nitrogens with two attached hydrogens (primary N) is 1. The van der Waals surface area contributed by atoms with Crippen LogP contribution in [0.3, 0.4) is 0 Å². The monoisotopic (exact) mass is 547 g/mol. The van der Waals surface area contributed by atoms with Gasteiger partial charge in [-0.1, -0.05) is 30.3 Å². The second-order valence-corrected chi connectivity index (χ2v) is 11.7. The predicted molar refractivity (Wildman–Crippen MR) is 149 cm³/mol. The molecule has 0 unspecified atom stereocenters. The average molecular weight is 548 g/mol. The molecule has 0 aliphatic carbocycles. The first-order chi connectivity index (χ1) is 18.7. The number of nitriles is 1. The quantitative estimate of drug-likeness (QED) is 0.278. The molecule has 4 aromatic rings. The number of amides is 1. The molecule has 1 amide bonds. The molecule has 39 heavy (non-hydrogen) atoms. The molecule has 2 aromatic carbocycles. The zero-order valence-corrected chi connectivity index (χ0v) is 21.8. The lowest BCUT2D eigenvalue weighted by Crippen LogP contribution is -2.42. The van der Waals surface area contributed by atoms with Gasteiger partial charge in [-0.25, -0.2) is 19.3 Å². The summed E-state index contributed by atoms with van der Waals surface area (Å²) in [7, 11) is -2.73. The number of carbonyl (C=O) groups excluding carboxylic acids is 1. The molecule has 1 aliphatic heterocycles. The Balaban J connectivity index is 1.72. The van der Waals surface area contributed by atoms with Crippen LogP contribution in [0.5, 0.6) is 0 Å². The van der Waals surface area contributed by atoms with Crippen LogP contribution in [0.15, 0.2) is 54.9 Å². The van der Waals surface area contributed by atoms with Crippen LogP contribution < -0.4 is 11.1 Å². The van der Waals surface area contributed by atoms with Crippen LogP contribution in [0.25, 0.3) is 22.0 Å². The molecule has 5 rings (SSSR count). The van der Waals surface area contributed by atoms with Crippen LogP contribution in [0.4, 0.5) is 16.0 Å². The molecule has 1 aliphatic rings. The van der Waals surface area contributed by atoms with Crippen LogP contribution in [-0.2, 0) is 0 Å². The molecule has 10 nitrogen and oxygen atoms in total.